The number of aliphatic hydroxyl groups is 1. The average molecular weight is 655 g/mol. The molecule has 0 aromatic heterocycles. The van der Waals surface area contributed by atoms with Gasteiger partial charge < -0.3 is 18.7 Å². The van der Waals surface area contributed by atoms with Crippen LogP contribution < -0.4 is 0 Å². The highest BCUT2D eigenvalue weighted by atomic mass is 28.4. The number of hydrogen-bond acceptors (Lipinski definition) is 4. The van der Waals surface area contributed by atoms with Gasteiger partial charge in [-0.1, -0.05) is 97.4 Å². The molecule has 0 aliphatic heterocycles. The summed E-state index contributed by atoms with van der Waals surface area (Å²) in [5, 5.41) is 13.4. The fraction of sp³-hybridized carbons (Fsp3) is 0.795. The molecule has 1 aromatic rings. The summed E-state index contributed by atoms with van der Waals surface area (Å²) in [6.45, 7) is 29.6. The van der Waals surface area contributed by atoms with Gasteiger partial charge in [-0.3, -0.25) is 0 Å². The molecule has 4 aliphatic carbocycles. The van der Waals surface area contributed by atoms with Crippen LogP contribution in [0, 0.1) is 28.6 Å². The van der Waals surface area contributed by atoms with Gasteiger partial charge in [-0.25, -0.2) is 0 Å². The van der Waals surface area contributed by atoms with E-state index in [1.54, 1.807) is 0 Å². The van der Waals surface area contributed by atoms with E-state index in [1.807, 2.05) is 6.07 Å². The second-order valence-corrected chi connectivity index (χ2v) is 28.5. The van der Waals surface area contributed by atoms with Gasteiger partial charge in [-0.2, -0.15) is 0 Å². The first-order valence-corrected chi connectivity index (χ1v) is 23.9. The summed E-state index contributed by atoms with van der Waals surface area (Å²) in [6.07, 6.45) is 10.6. The Morgan fingerprint density at radius 3 is 2.04 bits per heavy atom. The highest BCUT2D eigenvalue weighted by Crippen LogP contribution is 2.67. The van der Waals surface area contributed by atoms with Crippen molar-refractivity contribution >= 4 is 16.6 Å². The van der Waals surface area contributed by atoms with Crippen LogP contribution >= 0.6 is 0 Å². The minimum Gasteiger partial charge on any atom is -0.414 e. The van der Waals surface area contributed by atoms with Crippen molar-refractivity contribution < 1.29 is 18.7 Å². The molecule has 0 radical (unpaired) electrons. The summed E-state index contributed by atoms with van der Waals surface area (Å²) in [5.41, 5.74) is 1.77. The Bertz CT molecular complexity index is 1230. The summed E-state index contributed by atoms with van der Waals surface area (Å²) >= 11 is 0. The molecule has 6 heteroatoms. The van der Waals surface area contributed by atoms with Gasteiger partial charge >= 0.3 is 0 Å². The monoisotopic (exact) mass is 654 g/mol. The van der Waals surface area contributed by atoms with Crippen LogP contribution in [-0.4, -0.2) is 46.2 Å². The fourth-order valence-electron chi connectivity index (χ4n) is 9.22. The highest BCUT2D eigenvalue weighted by molar-refractivity contribution is 6.74. The van der Waals surface area contributed by atoms with Gasteiger partial charge in [0.05, 0.1) is 19.3 Å². The normalized spacial score (nSPS) is 37.4. The van der Waals surface area contributed by atoms with Crippen LogP contribution in [0.4, 0.5) is 0 Å². The molecule has 0 spiro atoms. The summed E-state index contributed by atoms with van der Waals surface area (Å²) in [6, 6.07) is 10.4. The van der Waals surface area contributed by atoms with Crippen LogP contribution in [0.2, 0.25) is 36.3 Å². The zero-order valence-electron chi connectivity index (χ0n) is 30.9. The molecule has 0 heterocycles. The SMILES string of the molecule is CC(C)(C)[Si](C)(C)O[C@H]1CC[C@@]2(C)C(=C[C@](O)(COCc3ccccc3)C3C2CC[C@@]2(C)C3CC[C@@H]2O[Si](C)(C)C(C)(C)C)C1. The van der Waals surface area contributed by atoms with Gasteiger partial charge in [0, 0.05) is 12.0 Å². The number of ether oxygens (including phenoxy) is 1. The summed E-state index contributed by atoms with van der Waals surface area (Å²) in [4.78, 5) is 0. The molecular formula is C39H66O4Si2. The van der Waals surface area contributed by atoms with Gasteiger partial charge in [0.15, 0.2) is 16.6 Å². The lowest BCUT2D eigenvalue weighted by Gasteiger charge is -2.62. The van der Waals surface area contributed by atoms with E-state index in [2.05, 4.69) is 112 Å². The Kier molecular flexibility index (Phi) is 9.46. The average Bonchev–Trinajstić information content (AvgIpc) is 3.24. The Labute approximate surface area is 278 Å². The van der Waals surface area contributed by atoms with Crippen molar-refractivity contribution in [1.82, 2.24) is 0 Å². The van der Waals surface area contributed by atoms with Gasteiger partial charge in [-0.15, -0.1) is 0 Å². The maximum Gasteiger partial charge on any atom is 0.192 e. The first-order valence-electron chi connectivity index (χ1n) is 18.0. The maximum atomic E-state index is 13.0. The molecule has 8 atom stereocenters. The van der Waals surface area contributed by atoms with Crippen LogP contribution in [0.5, 0.6) is 0 Å². The second kappa shape index (κ2) is 12.0. The van der Waals surface area contributed by atoms with Crippen molar-refractivity contribution in [1.29, 1.82) is 0 Å². The van der Waals surface area contributed by atoms with Gasteiger partial charge in [0.25, 0.3) is 0 Å². The molecule has 0 bridgehead atoms. The third kappa shape index (κ3) is 6.51. The quantitative estimate of drug-likeness (QED) is 0.224. The number of fused-ring (bicyclic) bond motifs is 5. The number of benzene rings is 1. The standard InChI is InChI=1S/C39H66O4Si2/c1-35(2,3)44(9,10)42-30-20-22-37(7)29(24-30)25-39(40,27-41-26-28-16-14-13-15-17-28)34-31-18-19-33(38(31,8)23-21-32(34)37)43-45(11,12)36(4,5)6/h13-17,25,30-34,40H,18-24,26-27H2,1-12H3/t30-,31?,32?,33-,34?,37-,38-,39-/m0/s1. The molecule has 0 saturated heterocycles. The maximum absolute atomic E-state index is 13.0. The Hall–Kier alpha value is -0.766. The van der Waals surface area contributed by atoms with Crippen LogP contribution in [0.15, 0.2) is 42.0 Å². The molecule has 254 valence electrons. The largest absolute Gasteiger partial charge is 0.414 e. The van der Waals surface area contributed by atoms with E-state index in [9.17, 15) is 5.11 Å². The lowest BCUT2D eigenvalue weighted by atomic mass is 9.45. The van der Waals surface area contributed by atoms with Crippen molar-refractivity contribution in [3.05, 3.63) is 47.5 Å². The van der Waals surface area contributed by atoms with Gasteiger partial charge in [-0.05, 0) is 109 Å². The van der Waals surface area contributed by atoms with Crippen molar-refractivity contribution in [2.75, 3.05) is 6.61 Å². The fourth-order valence-corrected chi connectivity index (χ4v) is 12.1. The Morgan fingerprint density at radius 1 is 0.800 bits per heavy atom. The second-order valence-electron chi connectivity index (χ2n) is 19.0. The third-order valence-electron chi connectivity index (χ3n) is 14.1. The van der Waals surface area contributed by atoms with E-state index >= 15 is 0 Å². The minimum atomic E-state index is -1.92. The van der Waals surface area contributed by atoms with E-state index in [1.165, 1.54) is 12.0 Å². The predicted molar refractivity (Wildman–Crippen MR) is 192 cm³/mol. The Morgan fingerprint density at radius 2 is 1.42 bits per heavy atom. The first-order chi connectivity index (χ1) is 20.6. The molecule has 1 N–H and O–H groups in total. The summed E-state index contributed by atoms with van der Waals surface area (Å²) in [5.74, 6) is 1.04. The van der Waals surface area contributed by atoms with Crippen molar-refractivity contribution in [2.24, 2.45) is 28.6 Å². The molecule has 3 fully saturated rings. The first kappa shape index (κ1) is 35.5. The van der Waals surface area contributed by atoms with Crippen LogP contribution in [0.25, 0.3) is 0 Å². The van der Waals surface area contributed by atoms with Crippen molar-refractivity contribution in [3.63, 3.8) is 0 Å². The van der Waals surface area contributed by atoms with Gasteiger partial charge in [0.1, 0.15) is 5.60 Å². The molecular weight excluding hydrogens is 589 g/mol. The minimum absolute atomic E-state index is 0.0778. The molecule has 5 rings (SSSR count). The molecule has 1 aromatic carbocycles. The van der Waals surface area contributed by atoms with Crippen LogP contribution in [0.1, 0.15) is 106 Å². The number of hydrogen-bond donors (Lipinski definition) is 1. The lowest BCUT2D eigenvalue weighted by molar-refractivity contribution is -0.165. The summed E-state index contributed by atoms with van der Waals surface area (Å²) in [7, 11) is -3.82. The van der Waals surface area contributed by atoms with E-state index in [0.717, 1.165) is 44.1 Å². The lowest BCUT2D eigenvalue weighted by Crippen LogP contribution is -2.62. The Balaban J connectivity index is 1.47. The predicted octanol–water partition coefficient (Wildman–Crippen LogP) is 10.3. The molecule has 0 amide bonds. The van der Waals surface area contributed by atoms with E-state index < -0.39 is 22.2 Å². The number of rotatable bonds is 8. The zero-order chi connectivity index (χ0) is 33.3. The molecule has 3 unspecified atom stereocenters. The van der Waals surface area contributed by atoms with Gasteiger partial charge in [0.2, 0.25) is 0 Å². The smallest absolute Gasteiger partial charge is 0.192 e. The highest BCUT2D eigenvalue weighted by Gasteiger charge is 2.65. The molecule has 4 nitrogen and oxygen atoms in total. The zero-order valence-corrected chi connectivity index (χ0v) is 32.9. The van der Waals surface area contributed by atoms with E-state index in [-0.39, 0.29) is 39.0 Å². The summed E-state index contributed by atoms with van der Waals surface area (Å²) < 4.78 is 20.7. The third-order valence-corrected chi connectivity index (χ3v) is 23.1. The van der Waals surface area contributed by atoms with Crippen molar-refractivity contribution in [2.45, 2.75) is 161 Å². The topological polar surface area (TPSA) is 47.9 Å². The van der Waals surface area contributed by atoms with Crippen LogP contribution in [-0.2, 0) is 20.2 Å². The molecule has 3 saturated carbocycles. The molecule has 45 heavy (non-hydrogen) atoms. The van der Waals surface area contributed by atoms with Crippen molar-refractivity contribution in [3.8, 4) is 0 Å². The van der Waals surface area contributed by atoms with Crippen LogP contribution in [0.3, 0.4) is 0 Å². The molecule has 4 aliphatic rings. The van der Waals surface area contributed by atoms with E-state index in [0.29, 0.717) is 25.0 Å². The van der Waals surface area contributed by atoms with E-state index in [4.69, 9.17) is 13.6 Å².